The first kappa shape index (κ1) is 18.4. The van der Waals surface area contributed by atoms with Crippen molar-refractivity contribution >= 4 is 11.6 Å². The molecule has 4 rings (SSSR count). The van der Waals surface area contributed by atoms with Gasteiger partial charge in [0.1, 0.15) is 0 Å². The van der Waals surface area contributed by atoms with Gasteiger partial charge in [0.2, 0.25) is 5.91 Å². The van der Waals surface area contributed by atoms with Gasteiger partial charge in [0.15, 0.2) is 0 Å². The normalized spacial score (nSPS) is 17.4. The molecule has 5 nitrogen and oxygen atoms in total. The Labute approximate surface area is 165 Å². The van der Waals surface area contributed by atoms with Crippen molar-refractivity contribution in [1.29, 1.82) is 0 Å². The largest absolute Gasteiger partial charge is 0.326 e. The Morgan fingerprint density at radius 1 is 1.18 bits per heavy atom. The van der Waals surface area contributed by atoms with Gasteiger partial charge in [-0.25, -0.2) is 0 Å². The van der Waals surface area contributed by atoms with E-state index in [4.69, 9.17) is 0 Å². The van der Waals surface area contributed by atoms with Crippen LogP contribution in [0.2, 0.25) is 0 Å². The van der Waals surface area contributed by atoms with Crippen molar-refractivity contribution < 1.29 is 4.79 Å². The van der Waals surface area contributed by atoms with E-state index in [0.29, 0.717) is 0 Å². The zero-order valence-electron chi connectivity index (χ0n) is 16.2. The van der Waals surface area contributed by atoms with E-state index in [-0.39, 0.29) is 11.8 Å². The van der Waals surface area contributed by atoms with Gasteiger partial charge in [0, 0.05) is 30.7 Å². The number of piperidine rings is 1. The van der Waals surface area contributed by atoms with Crippen LogP contribution < -0.4 is 5.32 Å². The number of aromatic amines is 1. The number of aryl methyl sites for hydroxylation is 1. The van der Waals surface area contributed by atoms with Crippen LogP contribution in [0, 0.1) is 12.8 Å². The van der Waals surface area contributed by atoms with Crippen molar-refractivity contribution in [2.75, 3.05) is 18.4 Å². The number of likely N-dealkylation sites (tertiary alicyclic amines) is 1. The maximum atomic E-state index is 12.9. The molecule has 1 saturated heterocycles. The zero-order valence-corrected chi connectivity index (χ0v) is 16.2. The van der Waals surface area contributed by atoms with Gasteiger partial charge in [-0.1, -0.05) is 42.0 Å². The van der Waals surface area contributed by atoms with E-state index in [2.05, 4.69) is 63.7 Å². The molecular formula is C23H26N4O. The van der Waals surface area contributed by atoms with Crippen LogP contribution in [-0.4, -0.2) is 34.1 Å². The quantitative estimate of drug-likeness (QED) is 0.702. The fraction of sp³-hybridized carbons (Fsp3) is 0.304. The lowest BCUT2D eigenvalue weighted by atomic mass is 9.96. The molecule has 0 aliphatic carbocycles. The van der Waals surface area contributed by atoms with Crippen LogP contribution in [-0.2, 0) is 11.3 Å². The van der Waals surface area contributed by atoms with Crippen molar-refractivity contribution in [1.82, 2.24) is 15.1 Å². The van der Waals surface area contributed by atoms with E-state index >= 15 is 0 Å². The Morgan fingerprint density at radius 3 is 2.79 bits per heavy atom. The molecule has 0 saturated carbocycles. The smallest absolute Gasteiger partial charge is 0.228 e. The second-order valence-corrected chi connectivity index (χ2v) is 7.60. The molecule has 3 aromatic rings. The van der Waals surface area contributed by atoms with Crippen LogP contribution in [0.5, 0.6) is 0 Å². The molecule has 144 valence electrons. The second-order valence-electron chi connectivity index (χ2n) is 7.60. The Balaban J connectivity index is 1.41. The van der Waals surface area contributed by atoms with Gasteiger partial charge in [-0.05, 0) is 55.6 Å². The van der Waals surface area contributed by atoms with Crippen LogP contribution in [0.3, 0.4) is 0 Å². The van der Waals surface area contributed by atoms with Gasteiger partial charge in [-0.3, -0.25) is 14.8 Å². The number of anilines is 1. The predicted molar refractivity (Wildman–Crippen MR) is 112 cm³/mol. The third-order valence-electron chi connectivity index (χ3n) is 5.31. The van der Waals surface area contributed by atoms with Crippen molar-refractivity contribution in [3.05, 3.63) is 72.1 Å². The van der Waals surface area contributed by atoms with Gasteiger partial charge in [-0.2, -0.15) is 5.10 Å². The maximum absolute atomic E-state index is 12.9. The predicted octanol–water partition coefficient (Wildman–Crippen LogP) is 4.24. The number of hydrogen-bond acceptors (Lipinski definition) is 3. The number of rotatable bonds is 5. The number of carbonyl (C=O) groups excluding carboxylic acids is 1. The lowest BCUT2D eigenvalue weighted by Gasteiger charge is -2.31. The van der Waals surface area contributed by atoms with Gasteiger partial charge in [-0.15, -0.1) is 0 Å². The third kappa shape index (κ3) is 4.49. The monoisotopic (exact) mass is 374 g/mol. The summed E-state index contributed by atoms with van der Waals surface area (Å²) in [7, 11) is 0. The van der Waals surface area contributed by atoms with Crippen LogP contribution in [0.4, 0.5) is 5.69 Å². The average Bonchev–Trinajstić information content (AvgIpc) is 3.21. The summed E-state index contributed by atoms with van der Waals surface area (Å²) in [4.78, 5) is 15.2. The highest BCUT2D eigenvalue weighted by atomic mass is 16.1. The maximum Gasteiger partial charge on any atom is 0.228 e. The molecule has 2 N–H and O–H groups in total. The average molecular weight is 374 g/mol. The SMILES string of the molecule is Cc1cccc(-c2cccc(NC(=O)C3CCCN(Cc4ccn[nH]4)C3)c2)c1. The van der Waals surface area contributed by atoms with E-state index in [1.165, 1.54) is 11.1 Å². The number of hydrogen-bond donors (Lipinski definition) is 2. The molecule has 0 radical (unpaired) electrons. The van der Waals surface area contributed by atoms with Gasteiger partial charge >= 0.3 is 0 Å². The first-order chi connectivity index (χ1) is 13.7. The van der Waals surface area contributed by atoms with Crippen molar-refractivity contribution in [2.45, 2.75) is 26.3 Å². The lowest BCUT2D eigenvalue weighted by Crippen LogP contribution is -2.40. The van der Waals surface area contributed by atoms with Crippen LogP contribution >= 0.6 is 0 Å². The van der Waals surface area contributed by atoms with Gasteiger partial charge in [0.05, 0.1) is 5.92 Å². The molecule has 1 aliphatic heterocycles. The number of nitrogens with one attached hydrogen (secondary N) is 2. The van der Waals surface area contributed by atoms with E-state index in [0.717, 1.165) is 49.4 Å². The van der Waals surface area contributed by atoms with Crippen molar-refractivity contribution in [3.63, 3.8) is 0 Å². The molecule has 1 atom stereocenters. The molecule has 1 fully saturated rings. The van der Waals surface area contributed by atoms with E-state index in [9.17, 15) is 4.79 Å². The third-order valence-corrected chi connectivity index (χ3v) is 5.31. The summed E-state index contributed by atoms with van der Waals surface area (Å²) in [6.45, 7) is 4.70. The molecular weight excluding hydrogens is 348 g/mol. The van der Waals surface area contributed by atoms with Crippen LogP contribution in [0.25, 0.3) is 11.1 Å². The summed E-state index contributed by atoms with van der Waals surface area (Å²) in [5.74, 6) is 0.120. The van der Waals surface area contributed by atoms with E-state index in [1.807, 2.05) is 18.2 Å². The molecule has 5 heteroatoms. The molecule has 1 amide bonds. The Bertz CT molecular complexity index is 935. The minimum atomic E-state index is 0.0132. The zero-order chi connectivity index (χ0) is 19.3. The summed E-state index contributed by atoms with van der Waals surface area (Å²) in [5.41, 5.74) is 5.46. The summed E-state index contributed by atoms with van der Waals surface area (Å²) in [6.07, 6.45) is 3.74. The highest BCUT2D eigenvalue weighted by molar-refractivity contribution is 5.93. The molecule has 2 aromatic carbocycles. The molecule has 0 spiro atoms. The van der Waals surface area contributed by atoms with E-state index < -0.39 is 0 Å². The number of carbonyl (C=O) groups is 1. The summed E-state index contributed by atoms with van der Waals surface area (Å²) < 4.78 is 0. The second kappa shape index (κ2) is 8.40. The lowest BCUT2D eigenvalue weighted by molar-refractivity contribution is -0.121. The van der Waals surface area contributed by atoms with Crippen molar-refractivity contribution in [3.8, 4) is 11.1 Å². The summed E-state index contributed by atoms with van der Waals surface area (Å²) in [5, 5.41) is 10.1. The fourth-order valence-corrected chi connectivity index (χ4v) is 3.87. The minimum Gasteiger partial charge on any atom is -0.326 e. The number of amides is 1. The number of benzene rings is 2. The first-order valence-corrected chi connectivity index (χ1v) is 9.86. The van der Waals surface area contributed by atoms with Crippen molar-refractivity contribution in [2.24, 2.45) is 5.92 Å². The summed E-state index contributed by atoms with van der Waals surface area (Å²) >= 11 is 0. The van der Waals surface area contributed by atoms with Crippen LogP contribution in [0.1, 0.15) is 24.1 Å². The van der Waals surface area contributed by atoms with E-state index in [1.54, 1.807) is 6.20 Å². The number of aromatic nitrogens is 2. The Kier molecular flexibility index (Phi) is 5.53. The highest BCUT2D eigenvalue weighted by Gasteiger charge is 2.26. The highest BCUT2D eigenvalue weighted by Crippen LogP contribution is 2.25. The number of H-pyrrole nitrogens is 1. The minimum absolute atomic E-state index is 0.0132. The Morgan fingerprint density at radius 2 is 2.00 bits per heavy atom. The standard InChI is InChI=1S/C23H26N4O/c1-17-5-2-6-18(13-17)19-7-3-9-21(14-19)25-23(28)20-8-4-12-27(15-20)16-22-10-11-24-26-22/h2-3,5-7,9-11,13-14,20H,4,8,12,15-16H2,1H3,(H,24,26)(H,25,28). The molecule has 1 aromatic heterocycles. The summed E-state index contributed by atoms with van der Waals surface area (Å²) in [6, 6.07) is 18.5. The Hall–Kier alpha value is -2.92. The van der Waals surface area contributed by atoms with Gasteiger partial charge in [0.25, 0.3) is 0 Å². The van der Waals surface area contributed by atoms with Gasteiger partial charge < -0.3 is 5.32 Å². The number of nitrogens with zero attached hydrogens (tertiary/aromatic N) is 2. The molecule has 2 heterocycles. The first-order valence-electron chi connectivity index (χ1n) is 9.86. The fourth-order valence-electron chi connectivity index (χ4n) is 3.87. The molecule has 0 bridgehead atoms. The molecule has 1 aliphatic rings. The topological polar surface area (TPSA) is 61.0 Å². The molecule has 1 unspecified atom stereocenters. The van der Waals surface area contributed by atoms with Crippen LogP contribution in [0.15, 0.2) is 60.8 Å². The molecule has 28 heavy (non-hydrogen) atoms.